The third kappa shape index (κ3) is 5.61. The fourth-order valence-corrected chi connectivity index (χ4v) is 3.54. The Balaban J connectivity index is 1.84. The van der Waals surface area contributed by atoms with Crippen molar-refractivity contribution >= 4 is 29.2 Å². The van der Waals surface area contributed by atoms with Crippen molar-refractivity contribution in [2.75, 3.05) is 40.0 Å². The Labute approximate surface area is 178 Å². The van der Waals surface area contributed by atoms with Gasteiger partial charge in [0.25, 0.3) is 0 Å². The third-order valence-corrected chi connectivity index (χ3v) is 5.34. The van der Waals surface area contributed by atoms with E-state index in [2.05, 4.69) is 10.4 Å². The number of aromatic carboxylic acids is 1. The molecular weight excluding hydrogens is 421 g/mol. The zero-order valence-corrected chi connectivity index (χ0v) is 17.4. The summed E-state index contributed by atoms with van der Waals surface area (Å²) in [5.41, 5.74) is 0.934. The van der Waals surface area contributed by atoms with E-state index in [1.54, 1.807) is 19.2 Å². The molecule has 1 aliphatic heterocycles. The highest BCUT2D eigenvalue weighted by Gasteiger charge is 2.29. The largest absolute Gasteiger partial charge is 0.477 e. The van der Waals surface area contributed by atoms with Gasteiger partial charge in [0.15, 0.2) is 0 Å². The lowest BCUT2D eigenvalue weighted by molar-refractivity contribution is 0.0235. The number of carbonyl (C=O) groups is 1. The van der Waals surface area contributed by atoms with Crippen molar-refractivity contribution in [3.63, 3.8) is 0 Å². The lowest BCUT2D eigenvalue weighted by atomic mass is 9.95. The second-order valence-corrected chi connectivity index (χ2v) is 7.44. The van der Waals surface area contributed by atoms with Gasteiger partial charge in [-0.25, -0.2) is 4.79 Å². The Morgan fingerprint density at radius 2 is 2.17 bits per heavy atom. The van der Waals surface area contributed by atoms with Crippen LogP contribution in [0, 0.1) is 5.92 Å². The van der Waals surface area contributed by atoms with Gasteiger partial charge >= 0.3 is 5.97 Å². The molecule has 29 heavy (non-hydrogen) atoms. The topological polar surface area (TPSA) is 94.8 Å². The SMILES string of the molecule is COCCOc1cc(C(=O)O)n(C[C@@H]2CNCCO[C@H]2c2ccc(Cl)c(Cl)c2)n1. The lowest BCUT2D eigenvalue weighted by Gasteiger charge is -2.25. The quantitative estimate of drug-likeness (QED) is 0.605. The zero-order chi connectivity index (χ0) is 20.8. The zero-order valence-electron chi connectivity index (χ0n) is 15.9. The van der Waals surface area contributed by atoms with Crippen LogP contribution in [0.5, 0.6) is 5.88 Å². The van der Waals surface area contributed by atoms with Gasteiger partial charge < -0.3 is 24.6 Å². The molecular formula is C19H23Cl2N3O5. The van der Waals surface area contributed by atoms with E-state index in [4.69, 9.17) is 37.4 Å². The summed E-state index contributed by atoms with van der Waals surface area (Å²) in [7, 11) is 1.56. The molecule has 0 saturated carbocycles. The van der Waals surface area contributed by atoms with Crippen LogP contribution in [0.3, 0.4) is 0 Å². The molecule has 0 bridgehead atoms. The van der Waals surface area contributed by atoms with E-state index in [-0.39, 0.29) is 30.2 Å². The van der Waals surface area contributed by atoms with Gasteiger partial charge in [0, 0.05) is 38.7 Å². The van der Waals surface area contributed by atoms with Crippen LogP contribution in [0.4, 0.5) is 0 Å². The van der Waals surface area contributed by atoms with Crippen molar-refractivity contribution in [3.8, 4) is 5.88 Å². The molecule has 2 heterocycles. The second-order valence-electron chi connectivity index (χ2n) is 6.63. The summed E-state index contributed by atoms with van der Waals surface area (Å²) >= 11 is 12.2. The van der Waals surface area contributed by atoms with Crippen LogP contribution >= 0.6 is 23.2 Å². The maximum atomic E-state index is 11.7. The number of aromatic nitrogens is 2. The first-order valence-electron chi connectivity index (χ1n) is 9.19. The summed E-state index contributed by atoms with van der Waals surface area (Å²) in [5, 5.41) is 18.1. The van der Waals surface area contributed by atoms with Crippen molar-refractivity contribution in [2.45, 2.75) is 12.6 Å². The van der Waals surface area contributed by atoms with Crippen LogP contribution in [0.25, 0.3) is 0 Å². The maximum Gasteiger partial charge on any atom is 0.354 e. The molecule has 2 aromatic rings. The standard InChI is InChI=1S/C19H23Cl2N3O5/c1-27-6-7-28-17-9-16(19(25)26)24(23-17)11-13-10-22-4-5-29-18(13)12-2-3-14(20)15(21)8-12/h2-3,8-9,13,18,22H,4-7,10-11H2,1H3,(H,25,26)/t13-,18-/m0/s1. The predicted octanol–water partition coefficient (Wildman–Crippen LogP) is 2.89. The molecule has 8 nitrogen and oxygen atoms in total. The molecule has 2 atom stereocenters. The summed E-state index contributed by atoms with van der Waals surface area (Å²) in [6.45, 7) is 2.85. The number of carboxylic acids is 1. The summed E-state index contributed by atoms with van der Waals surface area (Å²) in [6.07, 6.45) is -0.288. The molecule has 0 unspecified atom stereocenters. The number of halogens is 2. The van der Waals surface area contributed by atoms with Crippen LogP contribution in [0.2, 0.25) is 10.0 Å². The van der Waals surface area contributed by atoms with E-state index in [0.717, 1.165) is 5.56 Å². The number of hydrogen-bond donors (Lipinski definition) is 2. The number of nitrogens with one attached hydrogen (secondary N) is 1. The molecule has 1 aliphatic rings. The lowest BCUT2D eigenvalue weighted by Crippen LogP contribution is -2.29. The average molecular weight is 444 g/mol. The number of methoxy groups -OCH3 is 1. The fourth-order valence-electron chi connectivity index (χ4n) is 3.23. The van der Waals surface area contributed by atoms with E-state index in [1.165, 1.54) is 10.7 Å². The molecule has 10 heteroatoms. The third-order valence-electron chi connectivity index (χ3n) is 4.60. The van der Waals surface area contributed by atoms with Crippen LogP contribution in [-0.2, 0) is 16.0 Å². The molecule has 0 aliphatic carbocycles. The van der Waals surface area contributed by atoms with E-state index < -0.39 is 5.97 Å². The molecule has 2 N–H and O–H groups in total. The highest BCUT2D eigenvalue weighted by atomic mass is 35.5. The average Bonchev–Trinajstić information content (AvgIpc) is 2.95. The van der Waals surface area contributed by atoms with E-state index in [1.807, 2.05) is 6.07 Å². The Morgan fingerprint density at radius 3 is 2.90 bits per heavy atom. The van der Waals surface area contributed by atoms with Crippen molar-refractivity contribution in [3.05, 3.63) is 45.6 Å². The van der Waals surface area contributed by atoms with Gasteiger partial charge in [-0.15, -0.1) is 5.10 Å². The first-order chi connectivity index (χ1) is 14.0. The second kappa shape index (κ2) is 10.3. The highest BCUT2D eigenvalue weighted by molar-refractivity contribution is 6.42. The minimum Gasteiger partial charge on any atom is -0.477 e. The Morgan fingerprint density at radius 1 is 1.34 bits per heavy atom. The molecule has 0 spiro atoms. The fraction of sp³-hybridized carbons (Fsp3) is 0.474. The highest BCUT2D eigenvalue weighted by Crippen LogP contribution is 2.33. The van der Waals surface area contributed by atoms with E-state index in [9.17, 15) is 9.90 Å². The van der Waals surface area contributed by atoms with E-state index in [0.29, 0.717) is 42.9 Å². The monoisotopic (exact) mass is 443 g/mol. The minimum absolute atomic E-state index is 0.0505. The molecule has 0 radical (unpaired) electrons. The van der Waals surface area contributed by atoms with Gasteiger partial charge in [0.2, 0.25) is 5.88 Å². The molecule has 1 saturated heterocycles. The molecule has 1 aromatic carbocycles. The molecule has 1 fully saturated rings. The number of benzene rings is 1. The maximum absolute atomic E-state index is 11.7. The van der Waals surface area contributed by atoms with Gasteiger partial charge in [-0.05, 0) is 17.7 Å². The van der Waals surface area contributed by atoms with Gasteiger partial charge in [-0.2, -0.15) is 0 Å². The van der Waals surface area contributed by atoms with Crippen molar-refractivity contribution in [1.29, 1.82) is 0 Å². The summed E-state index contributed by atoms with van der Waals surface area (Å²) in [6, 6.07) is 6.80. The first kappa shape index (κ1) is 21.9. The van der Waals surface area contributed by atoms with Crippen LogP contribution in [0.15, 0.2) is 24.3 Å². The van der Waals surface area contributed by atoms with Gasteiger partial charge in [-0.1, -0.05) is 29.3 Å². The summed E-state index contributed by atoms with van der Waals surface area (Å²) in [4.78, 5) is 11.7. The summed E-state index contributed by atoms with van der Waals surface area (Å²) in [5.74, 6) is -0.916. The number of hydrogen-bond acceptors (Lipinski definition) is 6. The smallest absolute Gasteiger partial charge is 0.354 e. The Hall–Kier alpha value is -1.84. The van der Waals surface area contributed by atoms with Crippen LogP contribution in [-0.4, -0.2) is 60.9 Å². The normalized spacial score (nSPS) is 19.7. The molecule has 0 amide bonds. The van der Waals surface area contributed by atoms with Gasteiger partial charge in [0.05, 0.1) is 29.4 Å². The van der Waals surface area contributed by atoms with Gasteiger partial charge in [-0.3, -0.25) is 4.68 Å². The molecule has 1 aromatic heterocycles. The number of nitrogens with zero attached hydrogens (tertiary/aromatic N) is 2. The molecule has 3 rings (SSSR count). The van der Waals surface area contributed by atoms with Crippen molar-refractivity contribution < 1.29 is 24.1 Å². The summed E-state index contributed by atoms with van der Waals surface area (Å²) < 4.78 is 17.9. The Kier molecular flexibility index (Phi) is 7.74. The van der Waals surface area contributed by atoms with Crippen LogP contribution in [0.1, 0.15) is 22.2 Å². The van der Waals surface area contributed by atoms with Gasteiger partial charge in [0.1, 0.15) is 12.3 Å². The predicted molar refractivity (Wildman–Crippen MR) is 108 cm³/mol. The molecule has 158 valence electrons. The van der Waals surface area contributed by atoms with Crippen molar-refractivity contribution in [2.24, 2.45) is 5.92 Å². The minimum atomic E-state index is -1.08. The number of carboxylic acid groups (broad SMARTS) is 1. The van der Waals surface area contributed by atoms with E-state index >= 15 is 0 Å². The first-order valence-corrected chi connectivity index (χ1v) is 9.95. The van der Waals surface area contributed by atoms with Crippen molar-refractivity contribution in [1.82, 2.24) is 15.1 Å². The van der Waals surface area contributed by atoms with Crippen LogP contribution < -0.4 is 10.1 Å². The Bertz CT molecular complexity index is 845. The number of rotatable bonds is 8. The number of ether oxygens (including phenoxy) is 3.